The number of fused-ring (bicyclic) bond motifs is 1. The van der Waals surface area contributed by atoms with Crippen molar-refractivity contribution in [2.45, 2.75) is 13.3 Å². The highest BCUT2D eigenvalue weighted by molar-refractivity contribution is 5.92. The minimum Gasteiger partial charge on any atom is -0.377 e. The molecule has 1 aromatic carbocycles. The Hall–Kier alpha value is -1.68. The molecule has 0 spiro atoms. The van der Waals surface area contributed by atoms with Gasteiger partial charge in [-0.2, -0.15) is 0 Å². The number of hydrogen-bond donors (Lipinski definition) is 1. The molecule has 0 aliphatic carbocycles. The van der Waals surface area contributed by atoms with E-state index in [1.807, 2.05) is 38.1 Å². The van der Waals surface area contributed by atoms with Gasteiger partial charge in [-0.05, 0) is 43.7 Å². The summed E-state index contributed by atoms with van der Waals surface area (Å²) in [4.78, 5) is 6.26. The molecule has 0 bridgehead atoms. The molecule has 1 aromatic heterocycles. The lowest BCUT2D eigenvalue weighted by Gasteiger charge is -2.17. The second-order valence-electron chi connectivity index (χ2n) is 4.69. The van der Waals surface area contributed by atoms with Crippen LogP contribution in [0.25, 0.3) is 10.9 Å². The molecule has 2 N–H and O–H groups in total. The Labute approximate surface area is 106 Å². The number of anilines is 1. The van der Waals surface area contributed by atoms with Gasteiger partial charge in [0.15, 0.2) is 0 Å². The van der Waals surface area contributed by atoms with Crippen LogP contribution in [0.15, 0.2) is 18.2 Å². The van der Waals surface area contributed by atoms with E-state index in [9.17, 15) is 4.39 Å². The molecule has 0 fully saturated rings. The Morgan fingerprint density at radius 3 is 2.61 bits per heavy atom. The maximum absolute atomic E-state index is 14.1. The van der Waals surface area contributed by atoms with Crippen LogP contribution in [0.3, 0.4) is 0 Å². The Bertz CT molecular complexity index is 579. The van der Waals surface area contributed by atoms with Crippen molar-refractivity contribution >= 4 is 16.6 Å². The van der Waals surface area contributed by atoms with E-state index in [0.29, 0.717) is 18.5 Å². The maximum atomic E-state index is 14.1. The van der Waals surface area contributed by atoms with Crippen LogP contribution in [-0.4, -0.2) is 25.6 Å². The van der Waals surface area contributed by atoms with E-state index in [1.165, 1.54) is 6.07 Å². The van der Waals surface area contributed by atoms with E-state index in [1.54, 1.807) is 0 Å². The normalized spacial score (nSPS) is 10.9. The topological polar surface area (TPSA) is 42.1 Å². The summed E-state index contributed by atoms with van der Waals surface area (Å²) in [6.07, 6.45) is 0.674. The lowest BCUT2D eigenvalue weighted by Crippen LogP contribution is -2.11. The Morgan fingerprint density at radius 1 is 1.28 bits per heavy atom. The standard InChI is InChI=1S/C14H18FN3/c1-9-6-13(18(2)3)11-7-10(4-5-16)8-12(15)14(11)17-9/h6-8H,4-5,16H2,1-3H3. The Balaban J connectivity index is 2.75. The van der Waals surface area contributed by atoms with E-state index in [-0.39, 0.29) is 5.82 Å². The zero-order valence-electron chi connectivity index (χ0n) is 11.0. The van der Waals surface area contributed by atoms with Crippen LogP contribution in [-0.2, 0) is 6.42 Å². The molecule has 1 heterocycles. The third-order valence-electron chi connectivity index (χ3n) is 2.95. The first-order valence-electron chi connectivity index (χ1n) is 6.00. The second-order valence-corrected chi connectivity index (χ2v) is 4.69. The quantitative estimate of drug-likeness (QED) is 0.904. The van der Waals surface area contributed by atoms with Gasteiger partial charge in [0, 0.05) is 30.9 Å². The van der Waals surface area contributed by atoms with Crippen molar-refractivity contribution in [1.29, 1.82) is 0 Å². The lowest BCUT2D eigenvalue weighted by atomic mass is 10.1. The average molecular weight is 247 g/mol. The number of hydrogen-bond acceptors (Lipinski definition) is 3. The van der Waals surface area contributed by atoms with Gasteiger partial charge in [-0.3, -0.25) is 0 Å². The summed E-state index contributed by atoms with van der Waals surface area (Å²) in [6, 6.07) is 5.47. The minimum absolute atomic E-state index is 0.275. The predicted octanol–water partition coefficient (Wildman–Crippen LogP) is 2.25. The number of nitrogens with zero attached hydrogens (tertiary/aromatic N) is 2. The highest BCUT2D eigenvalue weighted by Gasteiger charge is 2.11. The minimum atomic E-state index is -0.275. The molecule has 96 valence electrons. The lowest BCUT2D eigenvalue weighted by molar-refractivity contribution is 0.634. The number of aryl methyl sites for hydroxylation is 1. The van der Waals surface area contributed by atoms with Crippen LogP contribution in [0.5, 0.6) is 0 Å². The fourth-order valence-corrected chi connectivity index (χ4v) is 2.13. The van der Waals surface area contributed by atoms with Gasteiger partial charge >= 0.3 is 0 Å². The third-order valence-corrected chi connectivity index (χ3v) is 2.95. The summed E-state index contributed by atoms with van der Waals surface area (Å²) in [6.45, 7) is 2.39. The van der Waals surface area contributed by atoms with Crippen molar-refractivity contribution in [3.05, 3.63) is 35.3 Å². The molecule has 0 amide bonds. The Kier molecular flexibility index (Phi) is 3.48. The Morgan fingerprint density at radius 2 is 2.00 bits per heavy atom. The van der Waals surface area contributed by atoms with Crippen LogP contribution >= 0.6 is 0 Å². The fraction of sp³-hybridized carbons (Fsp3) is 0.357. The van der Waals surface area contributed by atoms with Crippen molar-refractivity contribution in [3.63, 3.8) is 0 Å². The summed E-state index contributed by atoms with van der Waals surface area (Å²) < 4.78 is 14.1. The first-order chi connectivity index (χ1) is 8.52. The molecule has 0 atom stereocenters. The van der Waals surface area contributed by atoms with Gasteiger partial charge in [-0.1, -0.05) is 0 Å². The van der Waals surface area contributed by atoms with Crippen LogP contribution < -0.4 is 10.6 Å². The largest absolute Gasteiger partial charge is 0.377 e. The molecule has 2 aromatic rings. The van der Waals surface area contributed by atoms with E-state index in [4.69, 9.17) is 5.73 Å². The van der Waals surface area contributed by atoms with Crippen LogP contribution in [0.1, 0.15) is 11.3 Å². The molecule has 0 aliphatic heterocycles. The van der Waals surface area contributed by atoms with E-state index < -0.39 is 0 Å². The number of halogens is 1. The highest BCUT2D eigenvalue weighted by atomic mass is 19.1. The van der Waals surface area contributed by atoms with Crippen LogP contribution in [0, 0.1) is 12.7 Å². The summed E-state index contributed by atoms with van der Waals surface area (Å²) in [7, 11) is 3.89. The predicted molar refractivity (Wildman–Crippen MR) is 73.5 cm³/mol. The van der Waals surface area contributed by atoms with E-state index >= 15 is 0 Å². The van der Waals surface area contributed by atoms with Crippen LogP contribution in [0.2, 0.25) is 0 Å². The van der Waals surface area contributed by atoms with Gasteiger partial charge in [0.05, 0.1) is 0 Å². The molecular formula is C14H18FN3. The van der Waals surface area contributed by atoms with Gasteiger partial charge in [0.2, 0.25) is 0 Å². The van der Waals surface area contributed by atoms with E-state index in [2.05, 4.69) is 4.98 Å². The molecular weight excluding hydrogens is 229 g/mol. The molecule has 0 radical (unpaired) electrons. The summed E-state index contributed by atoms with van der Waals surface area (Å²) >= 11 is 0. The molecule has 0 saturated carbocycles. The molecule has 18 heavy (non-hydrogen) atoms. The first kappa shape index (κ1) is 12.8. The molecule has 0 aliphatic rings. The summed E-state index contributed by atoms with van der Waals surface area (Å²) in [5.74, 6) is -0.275. The average Bonchev–Trinajstić information content (AvgIpc) is 2.29. The van der Waals surface area contributed by atoms with Gasteiger partial charge in [-0.15, -0.1) is 0 Å². The summed E-state index contributed by atoms with van der Waals surface area (Å²) in [5.41, 5.74) is 8.67. The molecule has 2 rings (SSSR count). The first-order valence-corrected chi connectivity index (χ1v) is 6.00. The zero-order chi connectivity index (χ0) is 13.3. The number of rotatable bonds is 3. The van der Waals surface area contributed by atoms with Crippen molar-refractivity contribution in [1.82, 2.24) is 4.98 Å². The van der Waals surface area contributed by atoms with E-state index in [0.717, 1.165) is 22.3 Å². The maximum Gasteiger partial charge on any atom is 0.149 e. The smallest absolute Gasteiger partial charge is 0.149 e. The van der Waals surface area contributed by atoms with Crippen molar-refractivity contribution < 1.29 is 4.39 Å². The summed E-state index contributed by atoms with van der Waals surface area (Å²) in [5, 5.41) is 0.842. The number of pyridine rings is 1. The van der Waals surface area contributed by atoms with Gasteiger partial charge in [-0.25, -0.2) is 9.37 Å². The molecule has 0 saturated heterocycles. The van der Waals surface area contributed by atoms with Crippen molar-refractivity contribution in [3.8, 4) is 0 Å². The van der Waals surface area contributed by atoms with Gasteiger partial charge < -0.3 is 10.6 Å². The molecule has 4 heteroatoms. The SMILES string of the molecule is Cc1cc(N(C)C)c2cc(CCN)cc(F)c2n1. The van der Waals surface area contributed by atoms with Gasteiger partial charge in [0.25, 0.3) is 0 Å². The number of nitrogens with two attached hydrogens (primary N) is 1. The monoisotopic (exact) mass is 247 g/mol. The number of benzene rings is 1. The third kappa shape index (κ3) is 2.29. The molecule has 3 nitrogen and oxygen atoms in total. The fourth-order valence-electron chi connectivity index (χ4n) is 2.13. The van der Waals surface area contributed by atoms with Crippen molar-refractivity contribution in [2.24, 2.45) is 5.73 Å². The molecule has 0 unspecified atom stereocenters. The zero-order valence-corrected chi connectivity index (χ0v) is 11.0. The second kappa shape index (κ2) is 4.90. The highest BCUT2D eigenvalue weighted by Crippen LogP contribution is 2.28. The van der Waals surface area contributed by atoms with Gasteiger partial charge in [0.1, 0.15) is 11.3 Å². The van der Waals surface area contributed by atoms with Crippen LogP contribution in [0.4, 0.5) is 10.1 Å². The van der Waals surface area contributed by atoms with Crippen molar-refractivity contribution in [2.75, 3.05) is 25.5 Å². The number of aromatic nitrogens is 1.